The first kappa shape index (κ1) is 15.1. The molecule has 0 atom stereocenters. The van der Waals surface area contributed by atoms with E-state index in [-0.39, 0.29) is 11.1 Å². The maximum absolute atomic E-state index is 11.8. The summed E-state index contributed by atoms with van der Waals surface area (Å²) in [6.45, 7) is 0.659. The third kappa shape index (κ3) is 5.14. The lowest BCUT2D eigenvalue weighted by Crippen LogP contribution is -2.25. The van der Waals surface area contributed by atoms with Gasteiger partial charge in [-0.25, -0.2) is 4.98 Å². The van der Waals surface area contributed by atoms with Crippen molar-refractivity contribution in [3.63, 3.8) is 0 Å². The molecular formula is C12H18ClN3OS. The van der Waals surface area contributed by atoms with Crippen LogP contribution in [0.25, 0.3) is 0 Å². The van der Waals surface area contributed by atoms with Gasteiger partial charge >= 0.3 is 0 Å². The van der Waals surface area contributed by atoms with Crippen LogP contribution in [0, 0.1) is 0 Å². The molecule has 18 heavy (non-hydrogen) atoms. The molecule has 1 heterocycles. The van der Waals surface area contributed by atoms with Crippen LogP contribution in [0.2, 0.25) is 5.15 Å². The molecule has 1 amide bonds. The van der Waals surface area contributed by atoms with Gasteiger partial charge in [0.2, 0.25) is 0 Å². The van der Waals surface area contributed by atoms with E-state index in [1.807, 2.05) is 11.8 Å². The zero-order valence-electron chi connectivity index (χ0n) is 10.4. The Hall–Kier alpha value is -0.940. The smallest absolute Gasteiger partial charge is 0.253 e. The van der Waals surface area contributed by atoms with Crippen molar-refractivity contribution in [3.8, 4) is 0 Å². The third-order valence-electron chi connectivity index (χ3n) is 2.46. The Balaban J connectivity index is 2.34. The number of hydrogen-bond donors (Lipinski definition) is 2. The zero-order valence-corrected chi connectivity index (χ0v) is 12.0. The molecule has 0 aliphatic heterocycles. The van der Waals surface area contributed by atoms with Crippen LogP contribution in [0.5, 0.6) is 0 Å². The Morgan fingerprint density at radius 3 is 3.00 bits per heavy atom. The fourth-order valence-corrected chi connectivity index (χ4v) is 2.13. The van der Waals surface area contributed by atoms with Crippen LogP contribution >= 0.6 is 23.4 Å². The Labute approximate surface area is 117 Å². The summed E-state index contributed by atoms with van der Waals surface area (Å²) < 4.78 is 0. The molecule has 6 heteroatoms. The van der Waals surface area contributed by atoms with Crippen molar-refractivity contribution in [1.82, 2.24) is 10.3 Å². The number of nitrogens with two attached hydrogens (primary N) is 1. The Morgan fingerprint density at radius 2 is 2.28 bits per heavy atom. The van der Waals surface area contributed by atoms with E-state index in [1.165, 1.54) is 24.4 Å². The fraction of sp³-hybridized carbons (Fsp3) is 0.500. The maximum atomic E-state index is 11.8. The molecule has 1 rings (SSSR count). The van der Waals surface area contributed by atoms with Gasteiger partial charge in [0.25, 0.3) is 5.91 Å². The van der Waals surface area contributed by atoms with E-state index in [0.717, 1.165) is 12.8 Å². The lowest BCUT2D eigenvalue weighted by atomic mass is 10.2. The predicted molar refractivity (Wildman–Crippen MR) is 78.2 cm³/mol. The van der Waals surface area contributed by atoms with Crippen molar-refractivity contribution in [2.24, 2.45) is 0 Å². The number of unbranched alkanes of at least 4 members (excludes halogenated alkanes) is 2. The first-order valence-corrected chi connectivity index (χ1v) is 7.60. The molecule has 0 aliphatic rings. The number of rotatable bonds is 7. The van der Waals surface area contributed by atoms with Crippen molar-refractivity contribution in [2.45, 2.75) is 19.3 Å². The first-order valence-electron chi connectivity index (χ1n) is 5.83. The molecule has 4 nitrogen and oxygen atoms in total. The maximum Gasteiger partial charge on any atom is 0.253 e. The summed E-state index contributed by atoms with van der Waals surface area (Å²) in [7, 11) is 0. The number of nitrogens with one attached hydrogen (secondary N) is 1. The van der Waals surface area contributed by atoms with Gasteiger partial charge in [0.05, 0.1) is 17.4 Å². The molecule has 0 fully saturated rings. The van der Waals surface area contributed by atoms with Crippen LogP contribution in [0.1, 0.15) is 29.6 Å². The molecule has 100 valence electrons. The van der Waals surface area contributed by atoms with Crippen LogP contribution < -0.4 is 11.1 Å². The number of nitrogen functional groups attached to an aromatic ring is 1. The van der Waals surface area contributed by atoms with E-state index < -0.39 is 0 Å². The summed E-state index contributed by atoms with van der Waals surface area (Å²) in [6, 6.07) is 1.49. The number of hydrogen-bond acceptors (Lipinski definition) is 4. The summed E-state index contributed by atoms with van der Waals surface area (Å²) in [5.74, 6) is 0.975. The minimum Gasteiger partial charge on any atom is -0.397 e. The lowest BCUT2D eigenvalue weighted by molar-refractivity contribution is 0.0954. The molecule has 3 N–H and O–H groups in total. The van der Waals surface area contributed by atoms with Crippen LogP contribution in [-0.4, -0.2) is 29.4 Å². The number of aromatic nitrogens is 1. The number of carbonyl (C=O) groups is 1. The van der Waals surface area contributed by atoms with E-state index in [4.69, 9.17) is 17.3 Å². The molecule has 0 aromatic carbocycles. The average Bonchev–Trinajstić information content (AvgIpc) is 2.36. The highest BCUT2D eigenvalue weighted by molar-refractivity contribution is 7.98. The van der Waals surface area contributed by atoms with Crippen molar-refractivity contribution in [3.05, 3.63) is 23.0 Å². The van der Waals surface area contributed by atoms with E-state index in [2.05, 4.69) is 16.6 Å². The van der Waals surface area contributed by atoms with Crippen LogP contribution in [0.3, 0.4) is 0 Å². The van der Waals surface area contributed by atoms with Gasteiger partial charge in [-0.2, -0.15) is 11.8 Å². The minimum absolute atomic E-state index is 0.193. The van der Waals surface area contributed by atoms with Gasteiger partial charge in [-0.3, -0.25) is 4.79 Å². The summed E-state index contributed by atoms with van der Waals surface area (Å²) in [5.41, 5.74) is 6.41. The molecule has 0 saturated carbocycles. The molecular weight excluding hydrogens is 270 g/mol. The van der Waals surface area contributed by atoms with Gasteiger partial charge in [0.1, 0.15) is 5.15 Å². The summed E-state index contributed by atoms with van der Waals surface area (Å²) in [5, 5.41) is 3.10. The van der Waals surface area contributed by atoms with Crippen molar-refractivity contribution >= 4 is 35.0 Å². The lowest BCUT2D eigenvalue weighted by Gasteiger charge is -2.07. The van der Waals surface area contributed by atoms with Crippen molar-refractivity contribution in [2.75, 3.05) is 24.3 Å². The van der Waals surface area contributed by atoms with Gasteiger partial charge in [0.15, 0.2) is 0 Å². The van der Waals surface area contributed by atoms with E-state index in [1.54, 1.807) is 0 Å². The number of thioether (sulfide) groups is 1. The highest BCUT2D eigenvalue weighted by Gasteiger charge is 2.10. The van der Waals surface area contributed by atoms with E-state index >= 15 is 0 Å². The van der Waals surface area contributed by atoms with Crippen molar-refractivity contribution in [1.29, 1.82) is 0 Å². The second kappa shape index (κ2) is 8.21. The Bertz CT molecular complexity index is 401. The normalized spacial score (nSPS) is 10.3. The van der Waals surface area contributed by atoms with Crippen molar-refractivity contribution < 1.29 is 4.79 Å². The van der Waals surface area contributed by atoms with Gasteiger partial charge in [0, 0.05) is 6.54 Å². The van der Waals surface area contributed by atoms with Gasteiger partial charge < -0.3 is 11.1 Å². The number of anilines is 1. The molecule has 0 saturated heterocycles. The highest BCUT2D eigenvalue weighted by Crippen LogP contribution is 2.14. The quantitative estimate of drug-likeness (QED) is 0.597. The van der Waals surface area contributed by atoms with Crippen LogP contribution in [-0.2, 0) is 0 Å². The number of nitrogens with zero attached hydrogens (tertiary/aromatic N) is 1. The molecule has 1 aromatic rings. The van der Waals surface area contributed by atoms with Gasteiger partial charge in [-0.05, 0) is 30.9 Å². The Morgan fingerprint density at radius 1 is 1.50 bits per heavy atom. The van der Waals surface area contributed by atoms with E-state index in [9.17, 15) is 4.79 Å². The molecule has 0 aliphatic carbocycles. The zero-order chi connectivity index (χ0) is 13.4. The Kier molecular flexibility index (Phi) is 6.90. The second-order valence-corrected chi connectivity index (χ2v) is 5.28. The second-order valence-electron chi connectivity index (χ2n) is 3.90. The van der Waals surface area contributed by atoms with Crippen LogP contribution in [0.15, 0.2) is 12.3 Å². The standard InChI is InChI=1S/C12H18ClN3OS/c1-18-6-4-2-3-5-15-12(17)9-7-11(13)16-8-10(9)14/h7-8H,2-6,14H2,1H3,(H,15,17). The van der Waals surface area contributed by atoms with Gasteiger partial charge in [-0.15, -0.1) is 0 Å². The average molecular weight is 288 g/mol. The fourth-order valence-electron chi connectivity index (χ4n) is 1.48. The SMILES string of the molecule is CSCCCCCNC(=O)c1cc(Cl)ncc1N. The predicted octanol–water partition coefficient (Wildman–Crippen LogP) is 2.58. The molecule has 0 bridgehead atoms. The molecule has 1 aromatic heterocycles. The molecule has 0 unspecified atom stereocenters. The largest absolute Gasteiger partial charge is 0.397 e. The summed E-state index contributed by atoms with van der Waals surface area (Å²) >= 11 is 7.57. The third-order valence-corrected chi connectivity index (χ3v) is 3.36. The van der Waals surface area contributed by atoms with Gasteiger partial charge in [-0.1, -0.05) is 18.0 Å². The number of pyridine rings is 1. The number of amides is 1. The summed E-state index contributed by atoms with van der Waals surface area (Å²) in [4.78, 5) is 15.6. The number of halogens is 1. The molecule has 0 spiro atoms. The van der Waals surface area contributed by atoms with Crippen LogP contribution in [0.4, 0.5) is 5.69 Å². The highest BCUT2D eigenvalue weighted by atomic mass is 35.5. The molecule has 0 radical (unpaired) electrons. The topological polar surface area (TPSA) is 68.0 Å². The summed E-state index contributed by atoms with van der Waals surface area (Å²) in [6.07, 6.45) is 6.77. The monoisotopic (exact) mass is 287 g/mol. The first-order chi connectivity index (χ1) is 8.65. The van der Waals surface area contributed by atoms with E-state index in [0.29, 0.717) is 17.8 Å². The number of carbonyl (C=O) groups excluding carboxylic acids is 1. The minimum atomic E-state index is -0.193.